The van der Waals surface area contributed by atoms with Gasteiger partial charge in [0.05, 0.1) is 11.9 Å². The molecule has 0 amide bonds. The number of aryl methyl sites for hydroxylation is 1. The summed E-state index contributed by atoms with van der Waals surface area (Å²) < 4.78 is 0. The quantitative estimate of drug-likeness (QED) is 0.574. The minimum absolute atomic E-state index is 0.223. The predicted molar refractivity (Wildman–Crippen MR) is 90.6 cm³/mol. The zero-order valence-electron chi connectivity index (χ0n) is 11.9. The molecule has 0 bridgehead atoms. The molecule has 2 N–H and O–H groups in total. The molecule has 0 fully saturated rings. The number of benzene rings is 1. The van der Waals surface area contributed by atoms with Crippen LogP contribution in [0.4, 0.5) is 5.95 Å². The van der Waals surface area contributed by atoms with E-state index in [0.29, 0.717) is 11.6 Å². The molecule has 0 aliphatic rings. The summed E-state index contributed by atoms with van der Waals surface area (Å²) in [5.74, 6) is 0.316. The van der Waals surface area contributed by atoms with E-state index in [2.05, 4.69) is 20.5 Å². The molecule has 0 unspecified atom stereocenters. The molecule has 110 valence electrons. The van der Waals surface area contributed by atoms with Crippen LogP contribution in [-0.2, 0) is 0 Å². The molecule has 6 heteroatoms. The summed E-state index contributed by atoms with van der Waals surface area (Å²) >= 11 is 1.61. The highest BCUT2D eigenvalue weighted by Crippen LogP contribution is 2.15. The van der Waals surface area contributed by atoms with E-state index in [4.69, 9.17) is 0 Å². The standard InChI is InChI=1S/C16H14N4OS/c1-11-7-8-22-14(11)10-17-20-16-18-13(9-15(21)19-16)12-5-3-2-4-6-12/h2-10H,1H3,(H2,18,19,20,21)/b17-10-. The fraction of sp³-hybridized carbons (Fsp3) is 0.0625. The van der Waals surface area contributed by atoms with Gasteiger partial charge in [-0.05, 0) is 23.9 Å². The largest absolute Gasteiger partial charge is 0.291 e. The smallest absolute Gasteiger partial charge is 0.252 e. The van der Waals surface area contributed by atoms with Crippen LogP contribution in [0.2, 0.25) is 0 Å². The number of hydrazone groups is 1. The normalized spacial score (nSPS) is 11.0. The lowest BCUT2D eigenvalue weighted by atomic mass is 10.1. The zero-order chi connectivity index (χ0) is 15.4. The maximum absolute atomic E-state index is 11.7. The molecule has 22 heavy (non-hydrogen) atoms. The van der Waals surface area contributed by atoms with Crippen LogP contribution in [0.5, 0.6) is 0 Å². The molecular formula is C16H14N4OS. The van der Waals surface area contributed by atoms with Crippen LogP contribution in [0.1, 0.15) is 10.4 Å². The molecule has 2 aromatic heterocycles. The van der Waals surface area contributed by atoms with Gasteiger partial charge in [0, 0.05) is 16.5 Å². The first-order valence-corrected chi connectivity index (χ1v) is 7.60. The molecule has 0 aliphatic carbocycles. The van der Waals surface area contributed by atoms with E-state index in [1.807, 2.05) is 48.7 Å². The highest BCUT2D eigenvalue weighted by atomic mass is 32.1. The Hall–Kier alpha value is -2.73. The van der Waals surface area contributed by atoms with Crippen molar-refractivity contribution in [1.82, 2.24) is 9.97 Å². The fourth-order valence-electron chi connectivity index (χ4n) is 1.94. The molecule has 5 nitrogen and oxygen atoms in total. The third-order valence-electron chi connectivity index (χ3n) is 3.07. The van der Waals surface area contributed by atoms with Crippen LogP contribution >= 0.6 is 11.3 Å². The van der Waals surface area contributed by atoms with Crippen LogP contribution in [-0.4, -0.2) is 16.2 Å². The van der Waals surface area contributed by atoms with Gasteiger partial charge >= 0.3 is 0 Å². The summed E-state index contributed by atoms with van der Waals surface area (Å²) in [7, 11) is 0. The minimum atomic E-state index is -0.223. The fourth-order valence-corrected chi connectivity index (χ4v) is 2.72. The maximum atomic E-state index is 11.7. The lowest BCUT2D eigenvalue weighted by Gasteiger charge is -2.03. The first-order valence-electron chi connectivity index (χ1n) is 6.72. The van der Waals surface area contributed by atoms with Crippen molar-refractivity contribution >= 4 is 23.5 Å². The Kier molecular flexibility index (Phi) is 4.11. The Labute approximate surface area is 131 Å². The number of rotatable bonds is 4. The SMILES string of the molecule is Cc1ccsc1/C=N\Nc1nc(-c2ccccc2)cc(=O)[nH]1. The van der Waals surface area contributed by atoms with Crippen molar-refractivity contribution in [2.45, 2.75) is 6.92 Å². The summed E-state index contributed by atoms with van der Waals surface area (Å²) in [6.45, 7) is 2.02. The lowest BCUT2D eigenvalue weighted by molar-refractivity contribution is 1.09. The van der Waals surface area contributed by atoms with E-state index in [1.165, 1.54) is 6.07 Å². The molecule has 0 aliphatic heterocycles. The van der Waals surface area contributed by atoms with Crippen LogP contribution < -0.4 is 11.0 Å². The van der Waals surface area contributed by atoms with Crippen molar-refractivity contribution in [1.29, 1.82) is 0 Å². The van der Waals surface area contributed by atoms with Crippen LogP contribution in [0, 0.1) is 6.92 Å². The number of aromatic amines is 1. The van der Waals surface area contributed by atoms with Crippen LogP contribution in [0.25, 0.3) is 11.3 Å². The van der Waals surface area contributed by atoms with Gasteiger partial charge in [0.1, 0.15) is 0 Å². The van der Waals surface area contributed by atoms with Crippen molar-refractivity contribution in [2.24, 2.45) is 5.10 Å². The number of aromatic nitrogens is 2. The number of anilines is 1. The third kappa shape index (κ3) is 3.29. The average molecular weight is 310 g/mol. The molecule has 2 heterocycles. The highest BCUT2D eigenvalue weighted by molar-refractivity contribution is 7.11. The molecule has 3 rings (SSSR count). The van der Waals surface area contributed by atoms with Crippen molar-refractivity contribution < 1.29 is 0 Å². The molecule has 0 atom stereocenters. The minimum Gasteiger partial charge on any atom is -0.291 e. The first-order chi connectivity index (χ1) is 10.7. The molecule has 0 spiro atoms. The van der Waals surface area contributed by atoms with Gasteiger partial charge in [0.2, 0.25) is 5.95 Å². The van der Waals surface area contributed by atoms with Gasteiger partial charge in [-0.2, -0.15) is 5.10 Å². The van der Waals surface area contributed by atoms with Gasteiger partial charge in [-0.15, -0.1) is 11.3 Å². The van der Waals surface area contributed by atoms with Crippen LogP contribution in [0.3, 0.4) is 0 Å². The van der Waals surface area contributed by atoms with Gasteiger partial charge < -0.3 is 0 Å². The van der Waals surface area contributed by atoms with Gasteiger partial charge in [0.25, 0.3) is 5.56 Å². The van der Waals surface area contributed by atoms with E-state index < -0.39 is 0 Å². The Morgan fingerprint density at radius 1 is 1.27 bits per heavy atom. The van der Waals surface area contributed by atoms with Crippen molar-refractivity contribution in [3.05, 3.63) is 68.6 Å². The molecule has 0 radical (unpaired) electrons. The lowest BCUT2D eigenvalue weighted by Crippen LogP contribution is -2.10. The number of nitrogens with one attached hydrogen (secondary N) is 2. The van der Waals surface area contributed by atoms with Crippen molar-refractivity contribution in [3.8, 4) is 11.3 Å². The summed E-state index contributed by atoms with van der Waals surface area (Å²) in [5.41, 5.74) is 5.20. The predicted octanol–water partition coefficient (Wildman–Crippen LogP) is 3.25. The Bertz CT molecular complexity index is 852. The number of thiophene rings is 1. The summed E-state index contributed by atoms with van der Waals surface area (Å²) in [6.07, 6.45) is 1.72. The van der Waals surface area contributed by atoms with E-state index >= 15 is 0 Å². The van der Waals surface area contributed by atoms with E-state index in [1.54, 1.807) is 17.6 Å². The third-order valence-corrected chi connectivity index (χ3v) is 4.02. The van der Waals surface area contributed by atoms with E-state index in [-0.39, 0.29) is 5.56 Å². The van der Waals surface area contributed by atoms with Crippen molar-refractivity contribution in [2.75, 3.05) is 5.43 Å². The second-order valence-corrected chi connectivity index (χ2v) is 5.63. The van der Waals surface area contributed by atoms with E-state index in [9.17, 15) is 4.79 Å². The summed E-state index contributed by atoms with van der Waals surface area (Å²) in [4.78, 5) is 19.8. The maximum Gasteiger partial charge on any atom is 0.252 e. The number of hydrogen-bond donors (Lipinski definition) is 2. The summed E-state index contributed by atoms with van der Waals surface area (Å²) in [6, 6.07) is 13.0. The molecular weight excluding hydrogens is 296 g/mol. The Balaban J connectivity index is 1.83. The second kappa shape index (κ2) is 6.36. The average Bonchev–Trinajstić information content (AvgIpc) is 2.93. The first kappa shape index (κ1) is 14.2. The van der Waals surface area contributed by atoms with Gasteiger partial charge in [-0.1, -0.05) is 30.3 Å². The Morgan fingerprint density at radius 2 is 2.09 bits per heavy atom. The number of H-pyrrole nitrogens is 1. The number of hydrogen-bond acceptors (Lipinski definition) is 5. The highest BCUT2D eigenvalue weighted by Gasteiger charge is 2.03. The molecule has 0 saturated carbocycles. The number of nitrogens with zero attached hydrogens (tertiary/aromatic N) is 2. The van der Waals surface area contributed by atoms with E-state index in [0.717, 1.165) is 16.0 Å². The molecule has 1 aromatic carbocycles. The summed E-state index contributed by atoms with van der Waals surface area (Å²) in [5, 5.41) is 6.13. The zero-order valence-corrected chi connectivity index (χ0v) is 12.7. The van der Waals surface area contributed by atoms with Crippen molar-refractivity contribution in [3.63, 3.8) is 0 Å². The second-order valence-electron chi connectivity index (χ2n) is 4.68. The van der Waals surface area contributed by atoms with Gasteiger partial charge in [-0.3, -0.25) is 9.78 Å². The van der Waals surface area contributed by atoms with Gasteiger partial charge in [-0.25, -0.2) is 10.4 Å². The Morgan fingerprint density at radius 3 is 2.82 bits per heavy atom. The molecule has 3 aromatic rings. The monoisotopic (exact) mass is 310 g/mol. The van der Waals surface area contributed by atoms with Gasteiger partial charge in [0.15, 0.2) is 0 Å². The molecule has 0 saturated heterocycles. The topological polar surface area (TPSA) is 70.1 Å². The van der Waals surface area contributed by atoms with Crippen LogP contribution in [0.15, 0.2) is 57.7 Å².